The van der Waals surface area contributed by atoms with Crippen LogP contribution in [0.5, 0.6) is 5.75 Å². The van der Waals surface area contributed by atoms with E-state index in [4.69, 9.17) is 9.94 Å². The summed E-state index contributed by atoms with van der Waals surface area (Å²) in [5.74, 6) is 0.741. The molecule has 0 unspecified atom stereocenters. The van der Waals surface area contributed by atoms with Gasteiger partial charge in [0.05, 0.1) is 5.71 Å². The van der Waals surface area contributed by atoms with Gasteiger partial charge in [0.1, 0.15) is 12.4 Å². The second kappa shape index (κ2) is 5.07. The Bertz CT molecular complexity index is 345. The first-order chi connectivity index (χ1) is 6.77. The van der Waals surface area contributed by atoms with Gasteiger partial charge in [-0.3, -0.25) is 0 Å². The maximum absolute atomic E-state index is 8.59. The molecule has 1 aromatic rings. The van der Waals surface area contributed by atoms with Gasteiger partial charge in [-0.1, -0.05) is 29.9 Å². The van der Waals surface area contributed by atoms with Crippen molar-refractivity contribution in [1.29, 1.82) is 0 Å². The van der Waals surface area contributed by atoms with Crippen LogP contribution in [0.3, 0.4) is 0 Å². The summed E-state index contributed by atoms with van der Waals surface area (Å²) in [6.45, 7) is 5.76. The van der Waals surface area contributed by atoms with Gasteiger partial charge in [0.15, 0.2) is 0 Å². The molecule has 0 spiro atoms. The standard InChI is InChI=1S/C11H13NO2/c1-3-7-14-11-6-4-5-10(8-11)9(2)12-13/h3-6,8,13H,1,7H2,2H3/b12-9+. The Hall–Kier alpha value is -1.77. The third kappa shape index (κ3) is 2.62. The minimum atomic E-state index is 0.471. The molecule has 74 valence electrons. The van der Waals surface area contributed by atoms with Gasteiger partial charge in [0, 0.05) is 5.56 Å². The smallest absolute Gasteiger partial charge is 0.120 e. The van der Waals surface area contributed by atoms with Crippen LogP contribution in [0.25, 0.3) is 0 Å². The predicted molar refractivity (Wildman–Crippen MR) is 56.1 cm³/mol. The van der Waals surface area contributed by atoms with Crippen LogP contribution in [0.15, 0.2) is 42.1 Å². The normalized spacial score (nSPS) is 11.1. The summed E-state index contributed by atoms with van der Waals surface area (Å²) in [5.41, 5.74) is 1.41. The zero-order valence-electron chi connectivity index (χ0n) is 8.10. The zero-order chi connectivity index (χ0) is 10.4. The second-order valence-corrected chi connectivity index (χ2v) is 2.81. The average Bonchev–Trinajstić information content (AvgIpc) is 2.25. The summed E-state index contributed by atoms with van der Waals surface area (Å²) < 4.78 is 5.34. The summed E-state index contributed by atoms with van der Waals surface area (Å²) in [6.07, 6.45) is 1.68. The molecule has 0 aliphatic carbocycles. The summed E-state index contributed by atoms with van der Waals surface area (Å²) in [5, 5.41) is 11.7. The Labute approximate surface area is 83.3 Å². The molecular weight excluding hydrogens is 178 g/mol. The van der Waals surface area contributed by atoms with Gasteiger partial charge < -0.3 is 9.94 Å². The number of benzene rings is 1. The molecule has 14 heavy (non-hydrogen) atoms. The van der Waals surface area contributed by atoms with E-state index in [0.717, 1.165) is 11.3 Å². The monoisotopic (exact) mass is 191 g/mol. The minimum absolute atomic E-state index is 0.471. The highest BCUT2D eigenvalue weighted by Gasteiger charge is 1.99. The van der Waals surface area contributed by atoms with Crippen molar-refractivity contribution in [2.45, 2.75) is 6.92 Å². The van der Waals surface area contributed by atoms with Crippen LogP contribution in [0.4, 0.5) is 0 Å². The fraction of sp³-hybridized carbons (Fsp3) is 0.182. The SMILES string of the molecule is C=CCOc1cccc(/C(C)=N/O)c1. The fourth-order valence-electron chi connectivity index (χ4n) is 1.02. The van der Waals surface area contributed by atoms with Crippen molar-refractivity contribution in [3.05, 3.63) is 42.5 Å². The largest absolute Gasteiger partial charge is 0.490 e. The van der Waals surface area contributed by atoms with Crippen LogP contribution in [-0.2, 0) is 0 Å². The molecule has 0 saturated carbocycles. The zero-order valence-corrected chi connectivity index (χ0v) is 8.10. The Morgan fingerprint density at radius 3 is 3.07 bits per heavy atom. The Balaban J connectivity index is 2.83. The fourth-order valence-corrected chi connectivity index (χ4v) is 1.02. The second-order valence-electron chi connectivity index (χ2n) is 2.81. The van der Waals surface area contributed by atoms with E-state index in [9.17, 15) is 0 Å². The first-order valence-corrected chi connectivity index (χ1v) is 4.30. The van der Waals surface area contributed by atoms with E-state index in [-0.39, 0.29) is 0 Å². The van der Waals surface area contributed by atoms with Crippen molar-refractivity contribution in [3.8, 4) is 5.75 Å². The molecule has 0 saturated heterocycles. The van der Waals surface area contributed by atoms with Crippen molar-refractivity contribution in [2.75, 3.05) is 6.61 Å². The number of ether oxygens (including phenoxy) is 1. The van der Waals surface area contributed by atoms with E-state index < -0.39 is 0 Å². The lowest BCUT2D eigenvalue weighted by Gasteiger charge is -2.04. The molecule has 1 N–H and O–H groups in total. The molecule has 1 aromatic carbocycles. The van der Waals surface area contributed by atoms with Gasteiger partial charge in [-0.25, -0.2) is 0 Å². The summed E-state index contributed by atoms with van der Waals surface area (Å²) in [7, 11) is 0. The van der Waals surface area contributed by atoms with Crippen LogP contribution < -0.4 is 4.74 Å². The molecular formula is C11H13NO2. The lowest BCUT2D eigenvalue weighted by Crippen LogP contribution is -1.97. The van der Waals surface area contributed by atoms with E-state index in [1.54, 1.807) is 13.0 Å². The maximum Gasteiger partial charge on any atom is 0.120 e. The lowest BCUT2D eigenvalue weighted by atomic mass is 10.1. The first kappa shape index (κ1) is 10.3. The van der Waals surface area contributed by atoms with Gasteiger partial charge in [-0.15, -0.1) is 0 Å². The lowest BCUT2D eigenvalue weighted by molar-refractivity contribution is 0.319. The molecule has 0 bridgehead atoms. The van der Waals surface area contributed by atoms with Crippen molar-refractivity contribution >= 4 is 5.71 Å². The molecule has 0 fully saturated rings. The minimum Gasteiger partial charge on any atom is -0.490 e. The van der Waals surface area contributed by atoms with E-state index in [1.807, 2.05) is 24.3 Å². The topological polar surface area (TPSA) is 41.8 Å². The van der Waals surface area contributed by atoms with Gasteiger partial charge in [0.25, 0.3) is 0 Å². The van der Waals surface area contributed by atoms with E-state index in [2.05, 4.69) is 11.7 Å². The number of oxime groups is 1. The summed E-state index contributed by atoms with van der Waals surface area (Å²) in [4.78, 5) is 0. The Kier molecular flexibility index (Phi) is 3.73. The van der Waals surface area contributed by atoms with Gasteiger partial charge in [-0.2, -0.15) is 0 Å². The molecule has 0 heterocycles. The maximum atomic E-state index is 8.59. The molecule has 0 radical (unpaired) electrons. The highest BCUT2D eigenvalue weighted by atomic mass is 16.5. The quantitative estimate of drug-likeness (QED) is 0.344. The van der Waals surface area contributed by atoms with Crippen LogP contribution in [0, 0.1) is 0 Å². The summed E-state index contributed by atoms with van der Waals surface area (Å²) >= 11 is 0. The molecule has 3 heteroatoms. The van der Waals surface area contributed by atoms with Crippen molar-refractivity contribution in [1.82, 2.24) is 0 Å². The predicted octanol–water partition coefficient (Wildman–Crippen LogP) is 2.45. The van der Waals surface area contributed by atoms with Crippen molar-refractivity contribution in [3.63, 3.8) is 0 Å². The highest BCUT2D eigenvalue weighted by Crippen LogP contribution is 2.13. The first-order valence-electron chi connectivity index (χ1n) is 4.30. The van der Waals surface area contributed by atoms with Gasteiger partial charge in [-0.05, 0) is 19.1 Å². The van der Waals surface area contributed by atoms with Crippen LogP contribution in [0.2, 0.25) is 0 Å². The number of nitrogens with zero attached hydrogens (tertiary/aromatic N) is 1. The number of hydrogen-bond donors (Lipinski definition) is 1. The molecule has 1 rings (SSSR count). The van der Waals surface area contributed by atoms with Crippen molar-refractivity contribution in [2.24, 2.45) is 5.16 Å². The van der Waals surface area contributed by atoms with E-state index in [0.29, 0.717) is 12.3 Å². The van der Waals surface area contributed by atoms with E-state index >= 15 is 0 Å². The van der Waals surface area contributed by atoms with E-state index in [1.165, 1.54) is 0 Å². The molecule has 0 aliphatic heterocycles. The van der Waals surface area contributed by atoms with Crippen LogP contribution in [0.1, 0.15) is 12.5 Å². The molecule has 0 aliphatic rings. The molecule has 0 atom stereocenters. The third-order valence-corrected chi connectivity index (χ3v) is 1.77. The highest BCUT2D eigenvalue weighted by molar-refractivity contribution is 5.98. The Morgan fingerprint density at radius 2 is 2.43 bits per heavy atom. The molecule has 3 nitrogen and oxygen atoms in total. The molecule has 0 aromatic heterocycles. The molecule has 0 amide bonds. The van der Waals surface area contributed by atoms with Crippen LogP contribution in [-0.4, -0.2) is 17.5 Å². The van der Waals surface area contributed by atoms with Gasteiger partial charge in [0.2, 0.25) is 0 Å². The average molecular weight is 191 g/mol. The van der Waals surface area contributed by atoms with Crippen LogP contribution >= 0.6 is 0 Å². The van der Waals surface area contributed by atoms with Crippen molar-refractivity contribution < 1.29 is 9.94 Å². The summed E-state index contributed by atoms with van der Waals surface area (Å²) in [6, 6.07) is 7.37. The third-order valence-electron chi connectivity index (χ3n) is 1.77. The van der Waals surface area contributed by atoms with Gasteiger partial charge >= 0.3 is 0 Å². The number of rotatable bonds is 4. The number of hydrogen-bond acceptors (Lipinski definition) is 3. The Morgan fingerprint density at radius 1 is 1.64 bits per heavy atom.